The van der Waals surface area contributed by atoms with E-state index in [1.807, 2.05) is 0 Å². The Hall–Kier alpha value is -0.160. The van der Waals surface area contributed by atoms with E-state index in [0.717, 1.165) is 45.3 Å². The third-order valence-electron chi connectivity index (χ3n) is 4.41. The summed E-state index contributed by atoms with van der Waals surface area (Å²) in [7, 11) is 0. The van der Waals surface area contributed by atoms with Crippen molar-refractivity contribution in [3.8, 4) is 0 Å². The van der Waals surface area contributed by atoms with Crippen LogP contribution >= 0.6 is 0 Å². The normalized spacial score (nSPS) is 34.4. The van der Waals surface area contributed by atoms with Crippen LogP contribution in [0.5, 0.6) is 0 Å². The fraction of sp³-hybridized carbons (Fsp3) is 1.00. The Morgan fingerprint density at radius 2 is 1.80 bits per heavy atom. The molecule has 4 heteroatoms. The molecule has 0 aliphatic heterocycles. The van der Waals surface area contributed by atoms with Crippen LogP contribution in [0.2, 0.25) is 0 Å². The highest BCUT2D eigenvalue weighted by Crippen LogP contribution is 2.32. The summed E-state index contributed by atoms with van der Waals surface area (Å²) in [5.41, 5.74) is 6.12. The van der Waals surface area contributed by atoms with Crippen LogP contribution in [0.25, 0.3) is 0 Å². The lowest BCUT2D eigenvalue weighted by atomic mass is 9.75. The van der Waals surface area contributed by atoms with Crippen molar-refractivity contribution >= 4 is 0 Å². The van der Waals surface area contributed by atoms with E-state index in [2.05, 4.69) is 20.8 Å². The van der Waals surface area contributed by atoms with Gasteiger partial charge in [0.05, 0.1) is 18.2 Å². The van der Waals surface area contributed by atoms with Crippen LogP contribution in [-0.2, 0) is 9.47 Å². The van der Waals surface area contributed by atoms with Gasteiger partial charge in [-0.3, -0.25) is 0 Å². The number of unbranched alkanes of at least 4 members (excludes halogenated alkanes) is 2. The monoisotopic (exact) mass is 287 g/mol. The van der Waals surface area contributed by atoms with E-state index in [-0.39, 0.29) is 12.1 Å². The Kier molecular flexibility index (Phi) is 8.69. The molecule has 0 radical (unpaired) electrons. The summed E-state index contributed by atoms with van der Waals surface area (Å²) in [6, 6.07) is -0.270. The van der Waals surface area contributed by atoms with E-state index in [1.165, 1.54) is 0 Å². The molecule has 0 spiro atoms. The van der Waals surface area contributed by atoms with Crippen LogP contribution in [0.1, 0.15) is 52.9 Å². The highest BCUT2D eigenvalue weighted by atomic mass is 16.5. The first-order chi connectivity index (χ1) is 9.61. The van der Waals surface area contributed by atoms with Crippen molar-refractivity contribution in [2.45, 2.75) is 71.1 Å². The van der Waals surface area contributed by atoms with E-state index >= 15 is 0 Å². The molecule has 1 saturated carbocycles. The Balaban J connectivity index is 2.46. The van der Waals surface area contributed by atoms with Crippen molar-refractivity contribution in [3.05, 3.63) is 0 Å². The number of hydrogen-bond acceptors (Lipinski definition) is 4. The van der Waals surface area contributed by atoms with Gasteiger partial charge >= 0.3 is 0 Å². The van der Waals surface area contributed by atoms with Crippen LogP contribution in [0.3, 0.4) is 0 Å². The lowest BCUT2D eigenvalue weighted by molar-refractivity contribution is -0.0976. The molecule has 0 aromatic heterocycles. The molecule has 20 heavy (non-hydrogen) atoms. The van der Waals surface area contributed by atoms with Crippen LogP contribution in [0.4, 0.5) is 0 Å². The fourth-order valence-corrected chi connectivity index (χ4v) is 2.85. The van der Waals surface area contributed by atoms with Gasteiger partial charge in [-0.1, -0.05) is 33.6 Å². The van der Waals surface area contributed by atoms with Gasteiger partial charge in [-0.25, -0.2) is 0 Å². The summed E-state index contributed by atoms with van der Waals surface area (Å²) in [5.74, 6) is 0.681. The molecule has 3 N–H and O–H groups in total. The van der Waals surface area contributed by atoms with Crippen molar-refractivity contribution in [2.24, 2.45) is 17.6 Å². The van der Waals surface area contributed by atoms with Gasteiger partial charge in [0.25, 0.3) is 0 Å². The Labute approximate surface area is 124 Å². The van der Waals surface area contributed by atoms with Crippen molar-refractivity contribution in [1.29, 1.82) is 0 Å². The zero-order valence-electron chi connectivity index (χ0n) is 13.4. The molecule has 0 unspecified atom stereocenters. The van der Waals surface area contributed by atoms with Gasteiger partial charge in [-0.15, -0.1) is 0 Å². The number of nitrogens with two attached hydrogens (primary N) is 1. The van der Waals surface area contributed by atoms with E-state index in [1.54, 1.807) is 0 Å². The maximum Gasteiger partial charge on any atom is 0.0780 e. The smallest absolute Gasteiger partial charge is 0.0780 e. The molecule has 0 aromatic rings. The van der Waals surface area contributed by atoms with E-state index in [9.17, 15) is 5.11 Å². The van der Waals surface area contributed by atoms with Crippen molar-refractivity contribution in [1.82, 2.24) is 0 Å². The Bertz CT molecular complexity index is 250. The summed E-state index contributed by atoms with van der Waals surface area (Å²) < 4.78 is 11.7. The molecule has 0 amide bonds. The summed E-state index contributed by atoms with van der Waals surface area (Å²) in [6.45, 7) is 8.73. The summed E-state index contributed by atoms with van der Waals surface area (Å²) in [6.07, 6.45) is 4.60. The summed E-state index contributed by atoms with van der Waals surface area (Å²) >= 11 is 0. The highest BCUT2D eigenvalue weighted by Gasteiger charge is 2.40. The van der Waals surface area contributed by atoms with Gasteiger partial charge in [0.15, 0.2) is 0 Å². The molecule has 1 aliphatic carbocycles. The zero-order chi connectivity index (χ0) is 15.0. The van der Waals surface area contributed by atoms with Crippen molar-refractivity contribution in [3.63, 3.8) is 0 Å². The first kappa shape index (κ1) is 17.9. The molecule has 4 nitrogen and oxygen atoms in total. The SMILES string of the molecule is CCCCOC[C@H]1C[C@H](O)[C@H](N)[C@@H](OCCCC)[C@@H]1C. The average Bonchev–Trinajstić information content (AvgIpc) is 2.44. The number of aliphatic hydroxyl groups is 1. The van der Waals surface area contributed by atoms with Crippen LogP contribution in [0, 0.1) is 11.8 Å². The molecule has 0 aromatic carbocycles. The number of hydrogen-bond donors (Lipinski definition) is 2. The lowest BCUT2D eigenvalue weighted by Gasteiger charge is -2.42. The van der Waals surface area contributed by atoms with Crippen LogP contribution < -0.4 is 5.73 Å². The van der Waals surface area contributed by atoms with Gasteiger partial charge in [0, 0.05) is 19.8 Å². The maximum atomic E-state index is 10.1. The van der Waals surface area contributed by atoms with Gasteiger partial charge in [0.1, 0.15) is 0 Å². The largest absolute Gasteiger partial charge is 0.391 e. The second-order valence-corrected chi connectivity index (χ2v) is 6.12. The number of ether oxygens (including phenoxy) is 2. The predicted molar refractivity (Wildman–Crippen MR) is 81.6 cm³/mol. The van der Waals surface area contributed by atoms with Gasteiger partial charge < -0.3 is 20.3 Å². The predicted octanol–water partition coefficient (Wildman–Crippen LogP) is 2.33. The molecule has 0 saturated heterocycles. The van der Waals surface area contributed by atoms with Gasteiger partial charge in [0.2, 0.25) is 0 Å². The Morgan fingerprint density at radius 3 is 2.45 bits per heavy atom. The minimum Gasteiger partial charge on any atom is -0.391 e. The molecular weight excluding hydrogens is 254 g/mol. The van der Waals surface area contributed by atoms with E-state index in [4.69, 9.17) is 15.2 Å². The number of rotatable bonds is 9. The van der Waals surface area contributed by atoms with Gasteiger partial charge in [-0.05, 0) is 31.1 Å². The maximum absolute atomic E-state index is 10.1. The second kappa shape index (κ2) is 9.72. The van der Waals surface area contributed by atoms with Crippen molar-refractivity contribution in [2.75, 3.05) is 19.8 Å². The molecule has 1 fully saturated rings. The fourth-order valence-electron chi connectivity index (χ4n) is 2.85. The van der Waals surface area contributed by atoms with Crippen LogP contribution in [0.15, 0.2) is 0 Å². The quantitative estimate of drug-likeness (QED) is 0.639. The molecule has 1 rings (SSSR count). The van der Waals surface area contributed by atoms with Crippen molar-refractivity contribution < 1.29 is 14.6 Å². The minimum absolute atomic E-state index is 0.0509. The third kappa shape index (κ3) is 5.32. The molecule has 120 valence electrons. The van der Waals surface area contributed by atoms with E-state index in [0.29, 0.717) is 18.4 Å². The summed E-state index contributed by atoms with van der Waals surface area (Å²) in [4.78, 5) is 0. The molecule has 5 atom stereocenters. The van der Waals surface area contributed by atoms with Gasteiger partial charge in [-0.2, -0.15) is 0 Å². The zero-order valence-corrected chi connectivity index (χ0v) is 13.4. The molecule has 0 heterocycles. The lowest BCUT2D eigenvalue weighted by Crippen LogP contribution is -2.56. The second-order valence-electron chi connectivity index (χ2n) is 6.12. The molecule has 0 bridgehead atoms. The summed E-state index contributed by atoms with van der Waals surface area (Å²) in [5, 5.41) is 10.1. The first-order valence-electron chi connectivity index (χ1n) is 8.24. The topological polar surface area (TPSA) is 64.7 Å². The molecule has 1 aliphatic rings. The highest BCUT2D eigenvalue weighted by molar-refractivity contribution is 4.94. The van der Waals surface area contributed by atoms with E-state index < -0.39 is 6.10 Å². The number of aliphatic hydroxyl groups excluding tert-OH is 1. The average molecular weight is 287 g/mol. The first-order valence-corrected chi connectivity index (χ1v) is 8.24. The third-order valence-corrected chi connectivity index (χ3v) is 4.41. The standard InChI is InChI=1S/C16H33NO3/c1-4-6-8-19-11-13-10-14(18)15(17)16(12(13)3)20-9-7-5-2/h12-16,18H,4-11,17H2,1-3H3/t12-,13-,14+,15+,16+/m1/s1. The Morgan fingerprint density at radius 1 is 1.15 bits per heavy atom. The van der Waals surface area contributed by atoms with Crippen LogP contribution in [-0.4, -0.2) is 43.2 Å². The molecular formula is C16H33NO3. The minimum atomic E-state index is -0.474.